The van der Waals surface area contributed by atoms with Gasteiger partial charge < -0.3 is 10.4 Å². The summed E-state index contributed by atoms with van der Waals surface area (Å²) in [7, 11) is -3.41. The number of hydrogen-bond acceptors (Lipinski definition) is 5. The Morgan fingerprint density at radius 2 is 1.83 bits per heavy atom. The van der Waals surface area contributed by atoms with Gasteiger partial charge in [-0.25, -0.2) is 14.1 Å². The summed E-state index contributed by atoms with van der Waals surface area (Å²) in [6.45, 7) is 7.58. The lowest BCUT2D eigenvalue weighted by molar-refractivity contribution is 0.0789. The number of nitrogens with one attached hydrogen (secondary N) is 1. The Labute approximate surface area is 181 Å². The summed E-state index contributed by atoms with van der Waals surface area (Å²) in [5.41, 5.74) is 4.54. The first-order valence-electron chi connectivity index (χ1n) is 10.2. The van der Waals surface area contributed by atoms with Crippen molar-refractivity contribution in [3.8, 4) is 0 Å². The zero-order valence-electron chi connectivity index (χ0n) is 17.7. The van der Waals surface area contributed by atoms with Gasteiger partial charge in [0, 0.05) is 11.4 Å². The van der Waals surface area contributed by atoms with Crippen LogP contribution in [-0.2, 0) is 28.4 Å². The lowest BCUT2D eigenvalue weighted by atomic mass is 10.0. The third-order valence-corrected chi connectivity index (χ3v) is 8.93. The van der Waals surface area contributed by atoms with Crippen LogP contribution >= 0.6 is 11.3 Å². The topological polar surface area (TPSA) is 118 Å². The minimum absolute atomic E-state index is 0.266. The molecule has 0 bridgehead atoms. The second kappa shape index (κ2) is 7.40. The summed E-state index contributed by atoms with van der Waals surface area (Å²) in [6, 6.07) is 0.838. The number of nitrogens with two attached hydrogens (primary N) is 1. The fraction of sp³-hybridized carbons (Fsp3) is 0.524. The van der Waals surface area contributed by atoms with Crippen molar-refractivity contribution in [2.45, 2.75) is 75.0 Å². The average molecular weight is 449 g/mol. The lowest BCUT2D eigenvalue weighted by Crippen LogP contribution is -2.19. The van der Waals surface area contributed by atoms with E-state index in [-0.39, 0.29) is 4.21 Å². The summed E-state index contributed by atoms with van der Waals surface area (Å²) in [6.07, 6.45) is 3.72. The van der Waals surface area contributed by atoms with Gasteiger partial charge in [-0.2, -0.15) is 0 Å². The van der Waals surface area contributed by atoms with Crippen molar-refractivity contribution in [3.63, 3.8) is 0 Å². The zero-order valence-corrected chi connectivity index (χ0v) is 19.3. The fourth-order valence-corrected chi connectivity index (χ4v) is 6.54. The Bertz CT molecular complexity index is 1100. The monoisotopic (exact) mass is 448 g/mol. The van der Waals surface area contributed by atoms with Crippen molar-refractivity contribution in [1.29, 1.82) is 0 Å². The molecule has 3 atom stereocenters. The van der Waals surface area contributed by atoms with Crippen molar-refractivity contribution in [2.24, 2.45) is 9.50 Å². The molecule has 2 aliphatic carbocycles. The molecule has 0 aliphatic heterocycles. The molecule has 2 aromatic heterocycles. The molecule has 0 unspecified atom stereocenters. The quantitative estimate of drug-likeness (QED) is 0.645. The maximum absolute atomic E-state index is 13.0. The van der Waals surface area contributed by atoms with Crippen LogP contribution < -0.4 is 10.5 Å². The molecule has 0 spiro atoms. The third-order valence-electron chi connectivity index (χ3n) is 6.07. The molecule has 2 amide bonds. The summed E-state index contributed by atoms with van der Waals surface area (Å²) < 4.78 is 17.1. The van der Waals surface area contributed by atoms with E-state index in [1.165, 1.54) is 0 Å². The minimum atomic E-state index is -3.41. The molecule has 30 heavy (non-hydrogen) atoms. The molecule has 4 rings (SSSR count). The van der Waals surface area contributed by atoms with Crippen LogP contribution in [-0.4, -0.2) is 20.3 Å². The number of amides is 2. The number of pyridine rings is 1. The van der Waals surface area contributed by atoms with E-state index in [4.69, 9.17) is 10.1 Å². The van der Waals surface area contributed by atoms with Gasteiger partial charge in [-0.1, -0.05) is 13.8 Å². The number of carbonyl (C=O) groups is 1. The standard InChI is InChI=1S/C21H28N4O3S2/c1-11-5-7-14-17(11)23-18-12(2)6-8-15(18)19(14)24-20(26)25-30(22,28)16-9-13(10-29-16)21(3,4)27/h9-12,27H,5-8H2,1-4H3,(H3,22,23,24,25,26,28)/t11-,12-,30-/m1/s1. The highest BCUT2D eigenvalue weighted by Gasteiger charge is 2.32. The fourth-order valence-electron chi connectivity index (χ4n) is 4.26. The van der Waals surface area contributed by atoms with E-state index in [0.717, 1.165) is 65.2 Å². The van der Waals surface area contributed by atoms with Gasteiger partial charge in [0.1, 0.15) is 4.21 Å². The van der Waals surface area contributed by atoms with Gasteiger partial charge in [-0.15, -0.1) is 15.7 Å². The van der Waals surface area contributed by atoms with Crippen molar-refractivity contribution >= 4 is 33.0 Å². The van der Waals surface area contributed by atoms with Crippen LogP contribution in [0.3, 0.4) is 0 Å². The first-order chi connectivity index (χ1) is 14.0. The van der Waals surface area contributed by atoms with Crippen molar-refractivity contribution in [3.05, 3.63) is 39.5 Å². The predicted molar refractivity (Wildman–Crippen MR) is 119 cm³/mol. The van der Waals surface area contributed by atoms with E-state index in [0.29, 0.717) is 17.4 Å². The first kappa shape index (κ1) is 21.4. The van der Waals surface area contributed by atoms with Crippen LogP contribution in [0.15, 0.2) is 20.0 Å². The Hall–Kier alpha value is -1.81. The van der Waals surface area contributed by atoms with E-state index in [1.807, 2.05) is 0 Å². The lowest BCUT2D eigenvalue weighted by Gasteiger charge is -2.16. The number of aromatic nitrogens is 1. The molecule has 9 heteroatoms. The van der Waals surface area contributed by atoms with E-state index in [9.17, 15) is 14.1 Å². The summed E-state index contributed by atoms with van der Waals surface area (Å²) in [5.74, 6) is 0.714. The number of aliphatic hydroxyl groups is 1. The third kappa shape index (κ3) is 3.79. The van der Waals surface area contributed by atoms with Crippen LogP contribution in [0.5, 0.6) is 0 Å². The molecule has 162 valence electrons. The second-order valence-electron chi connectivity index (χ2n) is 8.90. The molecule has 2 heterocycles. The van der Waals surface area contributed by atoms with Crippen molar-refractivity contribution < 1.29 is 14.1 Å². The smallest absolute Gasteiger partial charge is 0.354 e. The summed E-state index contributed by atoms with van der Waals surface area (Å²) in [5, 5.41) is 20.6. The molecule has 0 fully saturated rings. The first-order valence-corrected chi connectivity index (χ1v) is 12.7. The predicted octanol–water partition coefficient (Wildman–Crippen LogP) is 4.40. The van der Waals surface area contributed by atoms with Crippen LogP contribution in [0.2, 0.25) is 0 Å². The Kier molecular flexibility index (Phi) is 5.29. The molecule has 0 saturated carbocycles. The van der Waals surface area contributed by atoms with Gasteiger partial charge in [0.25, 0.3) is 0 Å². The summed E-state index contributed by atoms with van der Waals surface area (Å²) >= 11 is 1.13. The highest BCUT2D eigenvalue weighted by atomic mass is 32.2. The van der Waals surface area contributed by atoms with E-state index in [1.54, 1.807) is 25.3 Å². The molecule has 0 aromatic carbocycles. The zero-order chi connectivity index (χ0) is 21.8. The average Bonchev–Trinajstić information content (AvgIpc) is 3.35. The number of thiophene rings is 1. The SMILES string of the molecule is C[C@@H]1CCc2c1nc1c(c2NC(=O)N=[S@@](N)(=O)c2cc(C(C)(C)O)cs2)CC[C@H]1C. The number of carbonyl (C=O) groups excluding carboxylic acids is 1. The van der Waals surface area contributed by atoms with Gasteiger partial charge >= 0.3 is 6.03 Å². The maximum Gasteiger partial charge on any atom is 0.354 e. The second-order valence-corrected chi connectivity index (χ2v) is 11.8. The number of hydrogen-bond donors (Lipinski definition) is 3. The minimum Gasteiger partial charge on any atom is -0.386 e. The number of urea groups is 1. The van der Waals surface area contributed by atoms with E-state index >= 15 is 0 Å². The molecule has 4 N–H and O–H groups in total. The van der Waals surface area contributed by atoms with Crippen molar-refractivity contribution in [1.82, 2.24) is 4.98 Å². The van der Waals surface area contributed by atoms with E-state index < -0.39 is 21.5 Å². The molecule has 0 radical (unpaired) electrons. The summed E-state index contributed by atoms with van der Waals surface area (Å²) in [4.78, 5) is 17.7. The van der Waals surface area contributed by atoms with Gasteiger partial charge in [0.2, 0.25) is 0 Å². The molecule has 0 saturated heterocycles. The highest BCUT2D eigenvalue weighted by Crippen LogP contribution is 2.44. The van der Waals surface area contributed by atoms with Crippen LogP contribution in [0.25, 0.3) is 0 Å². The van der Waals surface area contributed by atoms with Crippen molar-refractivity contribution in [2.75, 3.05) is 5.32 Å². The van der Waals surface area contributed by atoms with Gasteiger partial charge in [-0.05, 0) is 79.5 Å². The van der Waals surface area contributed by atoms with E-state index in [2.05, 4.69) is 23.5 Å². The van der Waals surface area contributed by atoms with Crippen LogP contribution in [0, 0.1) is 0 Å². The number of nitrogens with zero attached hydrogens (tertiary/aromatic N) is 2. The maximum atomic E-state index is 13.0. The molecular weight excluding hydrogens is 420 g/mol. The van der Waals surface area contributed by atoms with Crippen LogP contribution in [0.1, 0.15) is 80.5 Å². The van der Waals surface area contributed by atoms with Gasteiger partial charge in [0.15, 0.2) is 9.92 Å². The number of fused-ring (bicyclic) bond motifs is 2. The Balaban J connectivity index is 1.68. The molecule has 2 aliphatic rings. The Morgan fingerprint density at radius 3 is 2.33 bits per heavy atom. The van der Waals surface area contributed by atoms with Gasteiger partial charge in [0.05, 0.1) is 11.3 Å². The normalized spacial score (nSPS) is 22.3. The molecule has 2 aromatic rings. The number of rotatable bonds is 3. The molecule has 7 nitrogen and oxygen atoms in total. The Morgan fingerprint density at radius 1 is 1.27 bits per heavy atom. The highest BCUT2D eigenvalue weighted by molar-refractivity contribution is 7.93. The largest absolute Gasteiger partial charge is 0.386 e. The molecular formula is C21H28N4O3S2. The van der Waals surface area contributed by atoms with Crippen LogP contribution in [0.4, 0.5) is 10.5 Å². The van der Waals surface area contributed by atoms with Gasteiger partial charge in [-0.3, -0.25) is 4.98 Å². The number of anilines is 1.